The van der Waals surface area contributed by atoms with Crippen molar-refractivity contribution in [2.75, 3.05) is 6.61 Å². The number of hydrogen-bond donors (Lipinski definition) is 0. The molecule has 24 heavy (non-hydrogen) atoms. The maximum absolute atomic E-state index is 6.56. The normalized spacial score (nSPS) is 24.9. The van der Waals surface area contributed by atoms with Crippen molar-refractivity contribution in [3.8, 4) is 0 Å². The highest BCUT2D eigenvalue weighted by Crippen LogP contribution is 2.36. The highest BCUT2D eigenvalue weighted by molar-refractivity contribution is 5.15. The molecule has 4 nitrogen and oxygen atoms in total. The number of aryl methyl sites for hydroxylation is 1. The number of nitrogens with zero attached hydrogens (tertiary/aromatic N) is 2. The van der Waals surface area contributed by atoms with Gasteiger partial charge < -0.3 is 14.0 Å². The SMILES string of the molecule is CC(C)(C)C1CCOC(CCc2ccccc2)(Cn2ccnc2)O1. The molecule has 130 valence electrons. The predicted octanol–water partition coefficient (Wildman–Crippen LogP) is 4.06. The van der Waals surface area contributed by atoms with E-state index in [4.69, 9.17) is 9.47 Å². The van der Waals surface area contributed by atoms with Gasteiger partial charge in [-0.15, -0.1) is 0 Å². The Morgan fingerprint density at radius 2 is 2.04 bits per heavy atom. The summed E-state index contributed by atoms with van der Waals surface area (Å²) < 4.78 is 14.8. The van der Waals surface area contributed by atoms with Crippen LogP contribution in [0.1, 0.15) is 39.2 Å². The minimum atomic E-state index is -0.591. The Labute approximate surface area is 144 Å². The van der Waals surface area contributed by atoms with Crippen LogP contribution in [0.4, 0.5) is 0 Å². The molecule has 0 bridgehead atoms. The van der Waals surface area contributed by atoms with E-state index in [0.717, 1.165) is 25.9 Å². The van der Waals surface area contributed by atoms with Gasteiger partial charge in [0.15, 0.2) is 5.79 Å². The van der Waals surface area contributed by atoms with Gasteiger partial charge in [0, 0.05) is 18.8 Å². The fraction of sp³-hybridized carbons (Fsp3) is 0.550. The number of rotatable bonds is 5. The molecular formula is C20H28N2O2. The monoisotopic (exact) mass is 328 g/mol. The molecule has 0 saturated carbocycles. The van der Waals surface area contributed by atoms with Crippen molar-refractivity contribution in [1.29, 1.82) is 0 Å². The molecule has 3 rings (SSSR count). The molecule has 4 heteroatoms. The molecule has 2 unspecified atom stereocenters. The lowest BCUT2D eigenvalue weighted by molar-refractivity contribution is -0.317. The summed E-state index contributed by atoms with van der Waals surface area (Å²) in [6, 6.07) is 10.5. The van der Waals surface area contributed by atoms with Gasteiger partial charge in [-0.2, -0.15) is 0 Å². The number of hydrogen-bond acceptors (Lipinski definition) is 3. The van der Waals surface area contributed by atoms with E-state index >= 15 is 0 Å². The van der Waals surface area contributed by atoms with Crippen molar-refractivity contribution in [2.45, 2.75) is 58.5 Å². The van der Waals surface area contributed by atoms with Gasteiger partial charge in [0.1, 0.15) is 0 Å². The second kappa shape index (κ2) is 7.08. The van der Waals surface area contributed by atoms with E-state index in [0.29, 0.717) is 6.54 Å². The van der Waals surface area contributed by atoms with Crippen molar-refractivity contribution >= 4 is 0 Å². The lowest BCUT2D eigenvalue weighted by Crippen LogP contribution is -2.51. The molecule has 1 saturated heterocycles. The van der Waals surface area contributed by atoms with Crippen LogP contribution in [0, 0.1) is 5.41 Å². The summed E-state index contributed by atoms with van der Waals surface area (Å²) in [6.45, 7) is 8.13. The van der Waals surface area contributed by atoms with Gasteiger partial charge in [0.05, 0.1) is 25.6 Å². The van der Waals surface area contributed by atoms with Gasteiger partial charge in [0.2, 0.25) is 0 Å². The number of aromatic nitrogens is 2. The van der Waals surface area contributed by atoms with E-state index in [1.165, 1.54) is 5.56 Å². The van der Waals surface area contributed by atoms with E-state index < -0.39 is 5.79 Å². The maximum Gasteiger partial charge on any atom is 0.186 e. The van der Waals surface area contributed by atoms with Crippen molar-refractivity contribution in [2.24, 2.45) is 5.41 Å². The van der Waals surface area contributed by atoms with E-state index in [-0.39, 0.29) is 11.5 Å². The van der Waals surface area contributed by atoms with Gasteiger partial charge in [-0.1, -0.05) is 51.1 Å². The second-order valence-corrected chi connectivity index (χ2v) is 7.74. The quantitative estimate of drug-likeness (QED) is 0.830. The topological polar surface area (TPSA) is 36.3 Å². The molecule has 0 N–H and O–H groups in total. The molecule has 1 aliphatic rings. The molecule has 1 aromatic carbocycles. The summed E-state index contributed by atoms with van der Waals surface area (Å²) in [6.07, 6.45) is 8.52. The summed E-state index contributed by atoms with van der Waals surface area (Å²) in [7, 11) is 0. The highest BCUT2D eigenvalue weighted by Gasteiger charge is 2.42. The summed E-state index contributed by atoms with van der Waals surface area (Å²) in [5.74, 6) is -0.591. The summed E-state index contributed by atoms with van der Waals surface area (Å²) in [5.41, 5.74) is 1.42. The average Bonchev–Trinajstić information content (AvgIpc) is 3.06. The van der Waals surface area contributed by atoms with Crippen LogP contribution < -0.4 is 0 Å². The first-order valence-corrected chi connectivity index (χ1v) is 8.78. The molecule has 2 aromatic rings. The highest BCUT2D eigenvalue weighted by atomic mass is 16.7. The van der Waals surface area contributed by atoms with Crippen LogP contribution in [0.2, 0.25) is 0 Å². The van der Waals surface area contributed by atoms with E-state index in [1.54, 1.807) is 6.20 Å². The van der Waals surface area contributed by atoms with E-state index in [2.05, 4.69) is 54.6 Å². The lowest BCUT2D eigenvalue weighted by Gasteiger charge is -2.45. The Morgan fingerprint density at radius 3 is 2.71 bits per heavy atom. The lowest BCUT2D eigenvalue weighted by atomic mass is 9.86. The first kappa shape index (κ1) is 17.2. The Balaban J connectivity index is 1.78. The minimum absolute atomic E-state index is 0.108. The zero-order chi connectivity index (χ0) is 17.0. The van der Waals surface area contributed by atoms with Gasteiger partial charge in [-0.3, -0.25) is 0 Å². The van der Waals surface area contributed by atoms with E-state index in [9.17, 15) is 0 Å². The maximum atomic E-state index is 6.56. The van der Waals surface area contributed by atoms with Gasteiger partial charge in [-0.05, 0) is 23.8 Å². The minimum Gasteiger partial charge on any atom is -0.348 e. The number of imidazole rings is 1. The Hall–Kier alpha value is -1.65. The van der Waals surface area contributed by atoms with Crippen LogP contribution in [0.15, 0.2) is 49.1 Å². The zero-order valence-corrected chi connectivity index (χ0v) is 14.9. The molecule has 2 atom stereocenters. The molecule has 1 aromatic heterocycles. The first-order valence-electron chi connectivity index (χ1n) is 8.78. The fourth-order valence-corrected chi connectivity index (χ4v) is 3.24. The molecule has 0 spiro atoms. The first-order chi connectivity index (χ1) is 11.5. The van der Waals surface area contributed by atoms with Crippen LogP contribution in [0.3, 0.4) is 0 Å². The average molecular weight is 328 g/mol. The van der Waals surface area contributed by atoms with Crippen molar-refractivity contribution < 1.29 is 9.47 Å². The predicted molar refractivity (Wildman–Crippen MR) is 94.6 cm³/mol. The third-order valence-corrected chi connectivity index (χ3v) is 4.69. The summed E-state index contributed by atoms with van der Waals surface area (Å²) in [4.78, 5) is 4.16. The fourth-order valence-electron chi connectivity index (χ4n) is 3.24. The van der Waals surface area contributed by atoms with Crippen LogP contribution in [0.25, 0.3) is 0 Å². The third kappa shape index (κ3) is 4.25. The largest absolute Gasteiger partial charge is 0.348 e. The summed E-state index contributed by atoms with van der Waals surface area (Å²) in [5, 5.41) is 0. The molecule has 1 aliphatic heterocycles. The van der Waals surface area contributed by atoms with Gasteiger partial charge >= 0.3 is 0 Å². The Kier molecular flexibility index (Phi) is 5.07. The van der Waals surface area contributed by atoms with Gasteiger partial charge in [0.25, 0.3) is 0 Å². The molecule has 0 aliphatic carbocycles. The number of ether oxygens (including phenoxy) is 2. The molecule has 2 heterocycles. The van der Waals surface area contributed by atoms with Crippen LogP contribution >= 0.6 is 0 Å². The van der Waals surface area contributed by atoms with Crippen LogP contribution in [0.5, 0.6) is 0 Å². The van der Waals surface area contributed by atoms with Crippen molar-refractivity contribution in [3.63, 3.8) is 0 Å². The molecule has 0 radical (unpaired) electrons. The van der Waals surface area contributed by atoms with Gasteiger partial charge in [-0.25, -0.2) is 4.98 Å². The number of benzene rings is 1. The zero-order valence-electron chi connectivity index (χ0n) is 14.9. The van der Waals surface area contributed by atoms with Crippen LogP contribution in [-0.2, 0) is 22.4 Å². The van der Waals surface area contributed by atoms with Crippen molar-refractivity contribution in [3.05, 3.63) is 54.6 Å². The van der Waals surface area contributed by atoms with Crippen LogP contribution in [-0.4, -0.2) is 28.0 Å². The molecule has 0 amide bonds. The standard InChI is InChI=1S/C20H28N2O2/c1-19(2,3)18-10-14-23-20(24-18,15-22-13-12-21-16-22)11-9-17-7-5-4-6-8-17/h4-8,12-13,16,18H,9-11,14-15H2,1-3H3. The van der Waals surface area contributed by atoms with E-state index in [1.807, 2.05) is 18.6 Å². The smallest absolute Gasteiger partial charge is 0.186 e. The van der Waals surface area contributed by atoms with Crippen molar-refractivity contribution in [1.82, 2.24) is 9.55 Å². The Morgan fingerprint density at radius 1 is 1.25 bits per heavy atom. The Bertz CT molecular complexity index is 619. The molecular weight excluding hydrogens is 300 g/mol. The third-order valence-electron chi connectivity index (χ3n) is 4.69. The summed E-state index contributed by atoms with van der Waals surface area (Å²) >= 11 is 0. The second-order valence-electron chi connectivity index (χ2n) is 7.74. The molecule has 1 fully saturated rings.